The molecule has 182 valence electrons. The van der Waals surface area contributed by atoms with Crippen LogP contribution in [0, 0.1) is 12.8 Å². The van der Waals surface area contributed by atoms with Gasteiger partial charge in [-0.05, 0) is 61.9 Å². The second-order valence-corrected chi connectivity index (χ2v) is 9.90. The fourth-order valence-corrected chi connectivity index (χ4v) is 5.33. The lowest BCUT2D eigenvalue weighted by Gasteiger charge is -2.24. The van der Waals surface area contributed by atoms with Gasteiger partial charge in [-0.2, -0.15) is 5.10 Å². The first-order valence-electron chi connectivity index (χ1n) is 11.2. The molecule has 1 aromatic heterocycles. The van der Waals surface area contributed by atoms with Crippen LogP contribution in [0.1, 0.15) is 29.7 Å². The van der Waals surface area contributed by atoms with Crippen molar-refractivity contribution in [3.05, 3.63) is 115 Å². The highest BCUT2D eigenvalue weighted by atomic mass is 35.5. The standard InChI is InChI=1S/C27H21Cl3N4O2/c1-15-23(26(35)33(31-15)19-9-5-7-17(28)13-19)25(21-11-3-4-12-22(21)30)24-16(2)32-34(27(24)36)20-10-6-8-18(29)14-20/h3-14,23,25,32H,1-2H3/t23-,25-/m1/s1. The Kier molecular flexibility index (Phi) is 6.51. The lowest BCUT2D eigenvalue weighted by atomic mass is 9.78. The molecule has 6 nitrogen and oxygen atoms in total. The largest absolute Gasteiger partial charge is 0.295 e. The van der Waals surface area contributed by atoms with Crippen LogP contribution in [0.5, 0.6) is 0 Å². The molecule has 0 aliphatic carbocycles. The maximum atomic E-state index is 13.9. The van der Waals surface area contributed by atoms with Crippen molar-refractivity contribution in [2.45, 2.75) is 19.8 Å². The monoisotopic (exact) mass is 538 g/mol. The topological polar surface area (TPSA) is 70.5 Å². The van der Waals surface area contributed by atoms with Crippen molar-refractivity contribution in [2.24, 2.45) is 11.0 Å². The molecule has 0 saturated heterocycles. The third kappa shape index (κ3) is 4.26. The number of hydrogen-bond donors (Lipinski definition) is 1. The molecule has 0 spiro atoms. The highest BCUT2D eigenvalue weighted by Crippen LogP contribution is 2.41. The molecule has 0 fully saturated rings. The van der Waals surface area contributed by atoms with Crippen LogP contribution in [-0.2, 0) is 4.79 Å². The van der Waals surface area contributed by atoms with Gasteiger partial charge in [0.2, 0.25) is 0 Å². The Hall–Kier alpha value is -3.32. The summed E-state index contributed by atoms with van der Waals surface area (Å²) in [6.45, 7) is 3.59. The van der Waals surface area contributed by atoms with Crippen LogP contribution in [0.2, 0.25) is 15.1 Å². The maximum Gasteiger partial charge on any atom is 0.275 e. The van der Waals surface area contributed by atoms with E-state index >= 15 is 0 Å². The van der Waals surface area contributed by atoms with Crippen molar-refractivity contribution < 1.29 is 4.79 Å². The minimum absolute atomic E-state index is 0.269. The summed E-state index contributed by atoms with van der Waals surface area (Å²) in [5.74, 6) is -1.70. The molecule has 36 heavy (non-hydrogen) atoms. The van der Waals surface area contributed by atoms with E-state index in [9.17, 15) is 9.59 Å². The van der Waals surface area contributed by atoms with E-state index in [-0.39, 0.29) is 11.5 Å². The van der Waals surface area contributed by atoms with Crippen LogP contribution in [0.3, 0.4) is 0 Å². The number of amides is 1. The molecule has 5 rings (SSSR count). The number of carbonyl (C=O) groups is 1. The van der Waals surface area contributed by atoms with E-state index in [4.69, 9.17) is 34.8 Å². The Morgan fingerprint density at radius 1 is 0.861 bits per heavy atom. The molecule has 9 heteroatoms. The van der Waals surface area contributed by atoms with Gasteiger partial charge in [-0.1, -0.05) is 65.1 Å². The van der Waals surface area contributed by atoms with Crippen molar-refractivity contribution in [3.8, 4) is 5.69 Å². The van der Waals surface area contributed by atoms with Crippen molar-refractivity contribution in [2.75, 3.05) is 5.01 Å². The summed E-state index contributed by atoms with van der Waals surface area (Å²) in [6.07, 6.45) is 0. The Labute approximate surface area is 222 Å². The second kappa shape index (κ2) is 9.62. The molecule has 1 aliphatic heterocycles. The maximum absolute atomic E-state index is 13.9. The van der Waals surface area contributed by atoms with E-state index in [1.165, 1.54) is 9.69 Å². The van der Waals surface area contributed by atoms with Gasteiger partial charge in [-0.3, -0.25) is 14.7 Å². The predicted molar refractivity (Wildman–Crippen MR) is 145 cm³/mol. The Morgan fingerprint density at radius 2 is 1.50 bits per heavy atom. The molecule has 0 saturated carbocycles. The average molecular weight is 540 g/mol. The number of anilines is 1. The number of nitrogens with one attached hydrogen (secondary N) is 1. The van der Waals surface area contributed by atoms with Gasteiger partial charge >= 0.3 is 0 Å². The van der Waals surface area contributed by atoms with Crippen molar-refractivity contribution >= 4 is 52.1 Å². The molecule has 1 amide bonds. The molecular formula is C27H21Cl3N4O2. The van der Waals surface area contributed by atoms with E-state index in [0.29, 0.717) is 49.0 Å². The number of nitrogens with zero attached hydrogens (tertiary/aromatic N) is 3. The van der Waals surface area contributed by atoms with Gasteiger partial charge in [0.25, 0.3) is 11.5 Å². The van der Waals surface area contributed by atoms with Gasteiger partial charge < -0.3 is 0 Å². The van der Waals surface area contributed by atoms with Gasteiger partial charge in [-0.15, -0.1) is 0 Å². The fourth-order valence-electron chi connectivity index (χ4n) is 4.71. The number of carbonyl (C=O) groups excluding carboxylic acids is 1. The average Bonchev–Trinajstić information content (AvgIpc) is 3.31. The molecule has 2 atom stereocenters. The smallest absolute Gasteiger partial charge is 0.275 e. The molecule has 2 heterocycles. The van der Waals surface area contributed by atoms with Crippen LogP contribution in [0.25, 0.3) is 5.69 Å². The minimum Gasteiger partial charge on any atom is -0.295 e. The number of H-pyrrole nitrogens is 1. The lowest BCUT2D eigenvalue weighted by Crippen LogP contribution is -2.34. The van der Waals surface area contributed by atoms with Gasteiger partial charge in [-0.25, -0.2) is 9.69 Å². The van der Waals surface area contributed by atoms with E-state index in [2.05, 4.69) is 10.2 Å². The molecule has 1 N–H and O–H groups in total. The second-order valence-electron chi connectivity index (χ2n) is 8.62. The molecular weight excluding hydrogens is 519 g/mol. The van der Waals surface area contributed by atoms with Gasteiger partial charge in [0.1, 0.15) is 0 Å². The summed E-state index contributed by atoms with van der Waals surface area (Å²) in [4.78, 5) is 27.7. The Morgan fingerprint density at radius 3 is 2.17 bits per heavy atom. The van der Waals surface area contributed by atoms with E-state index in [0.717, 1.165) is 0 Å². The van der Waals surface area contributed by atoms with E-state index in [1.54, 1.807) is 61.5 Å². The molecule has 1 aliphatic rings. The molecule has 0 unspecified atom stereocenters. The van der Waals surface area contributed by atoms with Crippen LogP contribution < -0.4 is 10.6 Å². The van der Waals surface area contributed by atoms with Gasteiger partial charge in [0.15, 0.2) is 0 Å². The summed E-state index contributed by atoms with van der Waals surface area (Å²) in [5, 5.41) is 10.5. The molecule has 3 aromatic carbocycles. The van der Waals surface area contributed by atoms with Crippen LogP contribution in [-0.4, -0.2) is 21.4 Å². The number of aromatic nitrogens is 2. The van der Waals surface area contributed by atoms with Crippen molar-refractivity contribution in [1.29, 1.82) is 0 Å². The predicted octanol–water partition coefficient (Wildman–Crippen LogP) is 6.61. The quantitative estimate of drug-likeness (QED) is 0.310. The summed E-state index contributed by atoms with van der Waals surface area (Å²) >= 11 is 19.0. The highest BCUT2D eigenvalue weighted by molar-refractivity contribution is 6.32. The van der Waals surface area contributed by atoms with Gasteiger partial charge in [0, 0.05) is 38.0 Å². The Balaban J connectivity index is 1.68. The lowest BCUT2D eigenvalue weighted by molar-refractivity contribution is -0.120. The van der Waals surface area contributed by atoms with E-state index in [1.807, 2.05) is 25.1 Å². The third-order valence-corrected chi connectivity index (χ3v) is 7.12. The number of aryl methyl sites for hydroxylation is 1. The summed E-state index contributed by atoms with van der Waals surface area (Å²) in [6, 6.07) is 21.2. The first-order chi connectivity index (χ1) is 17.3. The Bertz CT molecular complexity index is 1570. The summed E-state index contributed by atoms with van der Waals surface area (Å²) < 4.78 is 1.43. The number of benzene rings is 3. The highest BCUT2D eigenvalue weighted by Gasteiger charge is 2.44. The third-order valence-electron chi connectivity index (χ3n) is 6.30. The minimum atomic E-state index is -0.751. The van der Waals surface area contributed by atoms with Crippen molar-refractivity contribution in [3.63, 3.8) is 0 Å². The van der Waals surface area contributed by atoms with Crippen LogP contribution in [0.15, 0.2) is 82.7 Å². The first-order valence-corrected chi connectivity index (χ1v) is 12.4. The van der Waals surface area contributed by atoms with Crippen molar-refractivity contribution in [1.82, 2.24) is 9.78 Å². The van der Waals surface area contributed by atoms with Crippen LogP contribution in [0.4, 0.5) is 5.69 Å². The van der Waals surface area contributed by atoms with Crippen LogP contribution >= 0.6 is 34.8 Å². The van der Waals surface area contributed by atoms with E-state index < -0.39 is 11.8 Å². The zero-order valence-corrected chi connectivity index (χ0v) is 21.6. The molecule has 0 radical (unpaired) electrons. The number of rotatable bonds is 5. The van der Waals surface area contributed by atoms with Gasteiger partial charge in [0.05, 0.1) is 17.3 Å². The zero-order valence-electron chi connectivity index (χ0n) is 19.4. The first kappa shape index (κ1) is 24.4. The summed E-state index contributed by atoms with van der Waals surface area (Å²) in [5.41, 5.74) is 3.13. The fraction of sp³-hybridized carbons (Fsp3) is 0.148. The zero-order chi connectivity index (χ0) is 25.6. The number of aromatic amines is 1. The SMILES string of the molecule is CC1=NN(c2cccc(Cl)c2)C(=O)[C@H]1[C@@H](c1ccccc1Cl)c1c(C)[nH]n(-c2cccc(Cl)c2)c1=O. The molecule has 0 bridgehead atoms. The number of hydrazone groups is 1. The molecule has 4 aromatic rings. The normalized spacial score (nSPS) is 16.4. The number of hydrogen-bond acceptors (Lipinski definition) is 3. The number of halogens is 3. The summed E-state index contributed by atoms with van der Waals surface area (Å²) in [7, 11) is 0.